The smallest absolute Gasteiger partial charge is 0.238 e. The second-order valence-electron chi connectivity index (χ2n) is 6.00. The Morgan fingerprint density at radius 1 is 1.35 bits per heavy atom. The second-order valence-corrected chi connectivity index (χ2v) is 7.56. The number of primary sulfonamides is 1. The predicted molar refractivity (Wildman–Crippen MR) is 76.5 cm³/mol. The molecule has 0 saturated heterocycles. The number of hydrogen-bond acceptors (Lipinski definition) is 3. The number of nitrogens with one attached hydrogen (secondary N) is 1. The third-order valence-corrected chi connectivity index (χ3v) is 4.67. The molecular formula is C14H20N2O3S. The van der Waals surface area contributed by atoms with Crippen molar-refractivity contribution in [3.63, 3.8) is 0 Å². The number of nitrogens with two attached hydrogens (primary N) is 1. The van der Waals surface area contributed by atoms with Crippen molar-refractivity contribution in [1.29, 1.82) is 0 Å². The van der Waals surface area contributed by atoms with Crippen molar-refractivity contribution in [3.8, 4) is 0 Å². The molecule has 1 fully saturated rings. The van der Waals surface area contributed by atoms with Gasteiger partial charge in [-0.15, -0.1) is 0 Å². The molecule has 0 aliphatic heterocycles. The fourth-order valence-corrected chi connectivity index (χ4v) is 2.60. The fraction of sp³-hybridized carbons (Fsp3) is 0.500. The Bertz CT molecular complexity index is 606. The Morgan fingerprint density at radius 3 is 2.35 bits per heavy atom. The van der Waals surface area contributed by atoms with Crippen LogP contribution in [0.15, 0.2) is 29.2 Å². The highest BCUT2D eigenvalue weighted by molar-refractivity contribution is 7.89. The largest absolute Gasteiger partial charge is 0.353 e. The van der Waals surface area contributed by atoms with E-state index in [9.17, 15) is 13.2 Å². The third-order valence-electron chi connectivity index (χ3n) is 3.74. The van der Waals surface area contributed by atoms with Gasteiger partial charge in [-0.3, -0.25) is 4.79 Å². The van der Waals surface area contributed by atoms with Crippen molar-refractivity contribution in [2.45, 2.75) is 44.0 Å². The van der Waals surface area contributed by atoms with Gasteiger partial charge < -0.3 is 5.32 Å². The topological polar surface area (TPSA) is 89.3 Å². The molecule has 2 rings (SSSR count). The van der Waals surface area contributed by atoms with Crippen LogP contribution < -0.4 is 10.5 Å². The molecule has 0 spiro atoms. The van der Waals surface area contributed by atoms with E-state index in [1.54, 1.807) is 12.1 Å². The van der Waals surface area contributed by atoms with Crippen molar-refractivity contribution >= 4 is 15.9 Å². The van der Waals surface area contributed by atoms with E-state index in [0.29, 0.717) is 18.9 Å². The van der Waals surface area contributed by atoms with E-state index in [1.165, 1.54) is 12.1 Å². The molecule has 3 N–H and O–H groups in total. The van der Waals surface area contributed by atoms with Crippen LogP contribution in [0.5, 0.6) is 0 Å². The minimum Gasteiger partial charge on any atom is -0.353 e. The van der Waals surface area contributed by atoms with Crippen molar-refractivity contribution in [2.75, 3.05) is 0 Å². The number of carbonyl (C=O) groups is 1. The summed E-state index contributed by atoms with van der Waals surface area (Å²) in [6.07, 6.45) is 2.02. The van der Waals surface area contributed by atoms with E-state index >= 15 is 0 Å². The van der Waals surface area contributed by atoms with Gasteiger partial charge in [0.2, 0.25) is 15.9 Å². The monoisotopic (exact) mass is 296 g/mol. The Hall–Kier alpha value is -1.40. The van der Waals surface area contributed by atoms with Crippen LogP contribution in [-0.4, -0.2) is 20.4 Å². The molecule has 6 heteroatoms. The number of sulfonamides is 1. The molecule has 1 amide bonds. The third kappa shape index (κ3) is 3.80. The van der Waals surface area contributed by atoms with Crippen LogP contribution >= 0.6 is 0 Å². The van der Waals surface area contributed by atoms with Crippen LogP contribution in [0.3, 0.4) is 0 Å². The SMILES string of the molecule is CC1(C)CC1NC(=O)CCc1ccc(S(N)(=O)=O)cc1. The summed E-state index contributed by atoms with van der Waals surface area (Å²) in [6.45, 7) is 4.26. The number of hydrogen-bond donors (Lipinski definition) is 2. The average molecular weight is 296 g/mol. The quantitative estimate of drug-likeness (QED) is 0.855. The zero-order valence-corrected chi connectivity index (χ0v) is 12.5. The maximum absolute atomic E-state index is 11.8. The lowest BCUT2D eigenvalue weighted by Crippen LogP contribution is -2.28. The van der Waals surface area contributed by atoms with Gasteiger partial charge >= 0.3 is 0 Å². The standard InChI is InChI=1S/C14H20N2O3S/c1-14(2)9-12(14)16-13(17)8-5-10-3-6-11(7-4-10)20(15,18)19/h3-4,6-7,12H,5,8-9H2,1-2H3,(H,16,17)(H2,15,18,19). The van der Waals surface area contributed by atoms with Crippen molar-refractivity contribution in [2.24, 2.45) is 10.6 Å². The van der Waals surface area contributed by atoms with Gasteiger partial charge in [-0.2, -0.15) is 0 Å². The molecule has 1 unspecified atom stereocenters. The van der Waals surface area contributed by atoms with E-state index in [1.807, 2.05) is 0 Å². The molecule has 0 bridgehead atoms. The van der Waals surface area contributed by atoms with Crippen LogP contribution in [0.25, 0.3) is 0 Å². The van der Waals surface area contributed by atoms with Gasteiger partial charge in [0.05, 0.1) is 4.90 Å². The molecule has 1 aliphatic carbocycles. The minimum absolute atomic E-state index is 0.0381. The first-order valence-electron chi connectivity index (χ1n) is 6.59. The van der Waals surface area contributed by atoms with E-state index in [4.69, 9.17) is 5.14 Å². The highest BCUT2D eigenvalue weighted by Crippen LogP contribution is 2.44. The zero-order valence-electron chi connectivity index (χ0n) is 11.7. The number of rotatable bonds is 5. The number of benzene rings is 1. The maximum Gasteiger partial charge on any atom is 0.238 e. The number of amides is 1. The minimum atomic E-state index is -3.65. The zero-order chi connectivity index (χ0) is 15.0. The van der Waals surface area contributed by atoms with Gasteiger partial charge in [0.1, 0.15) is 0 Å². The molecule has 20 heavy (non-hydrogen) atoms. The predicted octanol–water partition coefficient (Wildman–Crippen LogP) is 1.18. The van der Waals surface area contributed by atoms with E-state index in [-0.39, 0.29) is 16.2 Å². The molecule has 1 aliphatic rings. The average Bonchev–Trinajstić information content (AvgIpc) is 2.93. The Labute approximate surface area is 119 Å². The first-order chi connectivity index (χ1) is 9.18. The maximum atomic E-state index is 11.8. The van der Waals surface area contributed by atoms with Gasteiger partial charge in [0.15, 0.2) is 0 Å². The number of carbonyl (C=O) groups excluding carboxylic acids is 1. The molecule has 1 saturated carbocycles. The van der Waals surface area contributed by atoms with Crippen LogP contribution in [0, 0.1) is 5.41 Å². The Kier molecular flexibility index (Phi) is 3.88. The molecule has 110 valence electrons. The first kappa shape index (κ1) is 15.0. The summed E-state index contributed by atoms with van der Waals surface area (Å²) in [5, 5.41) is 8.02. The van der Waals surface area contributed by atoms with E-state index in [2.05, 4.69) is 19.2 Å². The molecule has 0 radical (unpaired) electrons. The first-order valence-corrected chi connectivity index (χ1v) is 8.14. The molecule has 0 aromatic heterocycles. The molecular weight excluding hydrogens is 276 g/mol. The Balaban J connectivity index is 1.84. The van der Waals surface area contributed by atoms with Crippen LogP contribution in [-0.2, 0) is 21.2 Å². The molecule has 1 aromatic rings. The van der Waals surface area contributed by atoms with E-state index < -0.39 is 10.0 Å². The summed E-state index contributed by atoms with van der Waals surface area (Å²) in [5.41, 5.74) is 1.15. The molecule has 0 heterocycles. The van der Waals surface area contributed by atoms with Gasteiger partial charge in [0.25, 0.3) is 0 Å². The second kappa shape index (κ2) is 5.18. The van der Waals surface area contributed by atoms with Gasteiger partial charge in [0, 0.05) is 12.5 Å². The lowest BCUT2D eigenvalue weighted by molar-refractivity contribution is -0.121. The van der Waals surface area contributed by atoms with Gasteiger partial charge in [-0.25, -0.2) is 13.6 Å². The fourth-order valence-electron chi connectivity index (χ4n) is 2.08. The summed E-state index contributed by atoms with van der Waals surface area (Å²) in [5.74, 6) is 0.0381. The molecule has 5 nitrogen and oxygen atoms in total. The lowest BCUT2D eigenvalue weighted by atomic mass is 10.1. The van der Waals surface area contributed by atoms with Crippen molar-refractivity contribution in [3.05, 3.63) is 29.8 Å². The summed E-state index contributed by atoms with van der Waals surface area (Å²) in [6, 6.07) is 6.60. The summed E-state index contributed by atoms with van der Waals surface area (Å²) in [4.78, 5) is 11.8. The summed E-state index contributed by atoms with van der Waals surface area (Å²) < 4.78 is 22.2. The van der Waals surface area contributed by atoms with Crippen LogP contribution in [0.2, 0.25) is 0 Å². The molecule has 1 atom stereocenters. The van der Waals surface area contributed by atoms with Crippen molar-refractivity contribution in [1.82, 2.24) is 5.32 Å². The van der Waals surface area contributed by atoms with Crippen molar-refractivity contribution < 1.29 is 13.2 Å². The van der Waals surface area contributed by atoms with Crippen LogP contribution in [0.4, 0.5) is 0 Å². The molecule has 1 aromatic carbocycles. The Morgan fingerprint density at radius 2 is 1.90 bits per heavy atom. The van der Waals surface area contributed by atoms with Gasteiger partial charge in [-0.1, -0.05) is 26.0 Å². The van der Waals surface area contributed by atoms with Gasteiger partial charge in [-0.05, 0) is 36.0 Å². The summed E-state index contributed by atoms with van der Waals surface area (Å²) >= 11 is 0. The highest BCUT2D eigenvalue weighted by Gasteiger charge is 2.46. The summed E-state index contributed by atoms with van der Waals surface area (Å²) in [7, 11) is -3.65. The lowest BCUT2D eigenvalue weighted by Gasteiger charge is -2.07. The van der Waals surface area contributed by atoms with Crippen LogP contribution in [0.1, 0.15) is 32.3 Å². The van der Waals surface area contributed by atoms with E-state index in [0.717, 1.165) is 12.0 Å². The highest BCUT2D eigenvalue weighted by atomic mass is 32.2. The number of aryl methyl sites for hydroxylation is 1. The normalized spacial score (nSPS) is 20.4.